The summed E-state index contributed by atoms with van der Waals surface area (Å²) in [5.41, 5.74) is 5.55. The van der Waals surface area contributed by atoms with E-state index in [1.165, 1.54) is 0 Å². The van der Waals surface area contributed by atoms with E-state index < -0.39 is 0 Å². The molecule has 1 rings (SSSR count). The van der Waals surface area contributed by atoms with E-state index in [1.54, 1.807) is 17.5 Å². The Hall–Kier alpha value is -1.01. The summed E-state index contributed by atoms with van der Waals surface area (Å²) in [6.07, 6.45) is 3.37. The van der Waals surface area contributed by atoms with Gasteiger partial charge >= 0.3 is 0 Å². The molecule has 94 valence electrons. The van der Waals surface area contributed by atoms with Crippen LogP contribution in [0.3, 0.4) is 0 Å². The monoisotopic (exact) mass is 271 g/mol. The summed E-state index contributed by atoms with van der Waals surface area (Å²) in [5.74, 6) is -0.469. The van der Waals surface area contributed by atoms with E-state index >= 15 is 0 Å². The van der Waals surface area contributed by atoms with Crippen LogP contribution >= 0.6 is 23.6 Å². The molecule has 1 aromatic heterocycles. The quantitative estimate of drug-likeness (QED) is 0.774. The second-order valence-electron chi connectivity index (χ2n) is 3.83. The molecular formula is C11H17N3OS2. The summed E-state index contributed by atoms with van der Waals surface area (Å²) in [6.45, 7) is 4.43. The van der Waals surface area contributed by atoms with Crippen molar-refractivity contribution in [1.29, 1.82) is 0 Å². The van der Waals surface area contributed by atoms with E-state index in [2.05, 4.69) is 10.3 Å². The summed E-state index contributed by atoms with van der Waals surface area (Å²) in [5, 5.41) is 3.72. The van der Waals surface area contributed by atoms with Crippen LogP contribution in [0.1, 0.15) is 29.7 Å². The molecule has 1 aromatic rings. The van der Waals surface area contributed by atoms with Gasteiger partial charge in [-0.25, -0.2) is 4.98 Å². The molecule has 0 fully saturated rings. The molecule has 1 amide bonds. The van der Waals surface area contributed by atoms with Gasteiger partial charge < -0.3 is 11.1 Å². The van der Waals surface area contributed by atoms with E-state index in [0.717, 1.165) is 16.3 Å². The topological polar surface area (TPSA) is 68.0 Å². The normalized spacial score (nSPS) is 12.1. The first-order valence-corrected chi connectivity index (χ1v) is 6.75. The van der Waals surface area contributed by atoms with Crippen LogP contribution in [-0.2, 0) is 11.3 Å². The van der Waals surface area contributed by atoms with Gasteiger partial charge in [0.2, 0.25) is 5.91 Å². The van der Waals surface area contributed by atoms with Crippen LogP contribution < -0.4 is 11.1 Å². The minimum atomic E-state index is -0.365. The maximum atomic E-state index is 11.9. The van der Waals surface area contributed by atoms with Gasteiger partial charge in [0.15, 0.2) is 0 Å². The van der Waals surface area contributed by atoms with Crippen LogP contribution in [0.2, 0.25) is 0 Å². The first-order chi connectivity index (χ1) is 8.04. The molecule has 1 unspecified atom stereocenters. The number of carbonyl (C=O) groups is 1. The molecule has 0 saturated carbocycles. The van der Waals surface area contributed by atoms with Crippen molar-refractivity contribution >= 4 is 34.5 Å². The standard InChI is InChI=1S/C11H17N3OS2/c1-3-4-8(10(12)16)11(15)14-6-9-13-5-7(2)17-9/h5,8H,3-4,6H2,1-2H3,(H2,12,16)(H,14,15). The maximum absolute atomic E-state index is 11.9. The van der Waals surface area contributed by atoms with Crippen LogP contribution in [-0.4, -0.2) is 15.9 Å². The minimum absolute atomic E-state index is 0.104. The third-order valence-corrected chi connectivity index (χ3v) is 3.52. The molecular weight excluding hydrogens is 254 g/mol. The molecule has 0 saturated heterocycles. The van der Waals surface area contributed by atoms with Gasteiger partial charge in [0.25, 0.3) is 0 Å². The number of thiazole rings is 1. The third kappa shape index (κ3) is 4.40. The lowest BCUT2D eigenvalue weighted by atomic mass is 10.0. The highest BCUT2D eigenvalue weighted by molar-refractivity contribution is 7.80. The number of carbonyl (C=O) groups excluding carboxylic acids is 1. The molecule has 1 atom stereocenters. The van der Waals surface area contributed by atoms with Crippen molar-refractivity contribution in [2.75, 3.05) is 0 Å². The van der Waals surface area contributed by atoms with Crippen molar-refractivity contribution in [3.63, 3.8) is 0 Å². The molecule has 1 heterocycles. The number of amides is 1. The molecule has 0 aliphatic heterocycles. The Morgan fingerprint density at radius 3 is 2.88 bits per heavy atom. The summed E-state index contributed by atoms with van der Waals surface area (Å²) in [4.78, 5) is 17.4. The van der Waals surface area contributed by atoms with Gasteiger partial charge in [0, 0.05) is 11.1 Å². The van der Waals surface area contributed by atoms with Crippen molar-refractivity contribution < 1.29 is 4.79 Å². The van der Waals surface area contributed by atoms with E-state index in [1.807, 2.05) is 13.8 Å². The minimum Gasteiger partial charge on any atom is -0.393 e. The van der Waals surface area contributed by atoms with Gasteiger partial charge in [0.1, 0.15) is 5.01 Å². The van der Waals surface area contributed by atoms with E-state index in [-0.39, 0.29) is 16.8 Å². The van der Waals surface area contributed by atoms with Gasteiger partial charge in [-0.1, -0.05) is 25.6 Å². The molecule has 3 N–H and O–H groups in total. The number of hydrogen-bond acceptors (Lipinski definition) is 4. The van der Waals surface area contributed by atoms with Crippen LogP contribution in [0.5, 0.6) is 0 Å². The van der Waals surface area contributed by atoms with Crippen molar-refractivity contribution in [1.82, 2.24) is 10.3 Å². The maximum Gasteiger partial charge on any atom is 0.230 e. The predicted octanol–water partition coefficient (Wildman–Crippen LogP) is 1.77. The van der Waals surface area contributed by atoms with Crippen molar-refractivity contribution in [2.24, 2.45) is 11.7 Å². The first kappa shape index (κ1) is 14.1. The van der Waals surface area contributed by atoms with Gasteiger partial charge in [-0.2, -0.15) is 0 Å². The zero-order valence-electron chi connectivity index (χ0n) is 10.0. The lowest BCUT2D eigenvalue weighted by Gasteiger charge is -2.13. The number of nitrogens with one attached hydrogen (secondary N) is 1. The van der Waals surface area contributed by atoms with Crippen molar-refractivity contribution in [2.45, 2.75) is 33.2 Å². The average Bonchev–Trinajstić information content (AvgIpc) is 2.68. The van der Waals surface area contributed by atoms with Gasteiger partial charge in [-0.15, -0.1) is 11.3 Å². The van der Waals surface area contributed by atoms with Crippen molar-refractivity contribution in [3.05, 3.63) is 16.1 Å². The molecule has 17 heavy (non-hydrogen) atoms. The number of nitrogens with zero attached hydrogens (tertiary/aromatic N) is 1. The summed E-state index contributed by atoms with van der Waals surface area (Å²) in [7, 11) is 0. The predicted molar refractivity (Wildman–Crippen MR) is 73.9 cm³/mol. The Balaban J connectivity index is 2.50. The zero-order chi connectivity index (χ0) is 12.8. The molecule has 0 radical (unpaired) electrons. The summed E-state index contributed by atoms with van der Waals surface area (Å²) < 4.78 is 0. The number of aryl methyl sites for hydroxylation is 1. The first-order valence-electron chi connectivity index (χ1n) is 5.53. The number of hydrogen-bond donors (Lipinski definition) is 2. The third-order valence-electron chi connectivity index (χ3n) is 2.32. The smallest absolute Gasteiger partial charge is 0.230 e. The molecule has 0 aliphatic rings. The Bertz CT molecular complexity index is 403. The zero-order valence-corrected chi connectivity index (χ0v) is 11.7. The number of rotatable bonds is 6. The Kier molecular flexibility index (Phi) is 5.50. The molecule has 0 spiro atoms. The average molecular weight is 271 g/mol. The second kappa shape index (κ2) is 6.66. The molecule has 6 heteroatoms. The second-order valence-corrected chi connectivity index (χ2v) is 5.62. The summed E-state index contributed by atoms with van der Waals surface area (Å²) in [6, 6.07) is 0. The van der Waals surface area contributed by atoms with Gasteiger partial charge in [0.05, 0.1) is 17.5 Å². The SMILES string of the molecule is CCCC(C(=O)NCc1ncc(C)s1)C(N)=S. The Labute approximate surface area is 111 Å². The number of aromatic nitrogens is 1. The highest BCUT2D eigenvalue weighted by Gasteiger charge is 2.20. The van der Waals surface area contributed by atoms with Gasteiger partial charge in [-0.3, -0.25) is 4.79 Å². The Morgan fingerprint density at radius 2 is 2.41 bits per heavy atom. The van der Waals surface area contributed by atoms with E-state index in [4.69, 9.17) is 18.0 Å². The highest BCUT2D eigenvalue weighted by atomic mass is 32.1. The highest BCUT2D eigenvalue weighted by Crippen LogP contribution is 2.12. The van der Waals surface area contributed by atoms with Gasteiger partial charge in [-0.05, 0) is 13.3 Å². The summed E-state index contributed by atoms with van der Waals surface area (Å²) >= 11 is 6.47. The number of thiocarbonyl (C=S) groups is 1. The van der Waals surface area contributed by atoms with E-state index in [0.29, 0.717) is 13.0 Å². The van der Waals surface area contributed by atoms with Crippen LogP contribution in [0.25, 0.3) is 0 Å². The largest absolute Gasteiger partial charge is 0.393 e. The van der Waals surface area contributed by atoms with Crippen LogP contribution in [0.15, 0.2) is 6.20 Å². The van der Waals surface area contributed by atoms with E-state index in [9.17, 15) is 4.79 Å². The fourth-order valence-corrected chi connectivity index (χ4v) is 2.41. The fourth-order valence-electron chi connectivity index (χ4n) is 1.46. The van der Waals surface area contributed by atoms with Crippen LogP contribution in [0, 0.1) is 12.8 Å². The molecule has 4 nitrogen and oxygen atoms in total. The molecule has 0 aromatic carbocycles. The fraction of sp³-hybridized carbons (Fsp3) is 0.545. The lowest BCUT2D eigenvalue weighted by molar-refractivity contribution is -0.123. The lowest BCUT2D eigenvalue weighted by Crippen LogP contribution is -2.37. The van der Waals surface area contributed by atoms with Crippen LogP contribution in [0.4, 0.5) is 0 Å². The Morgan fingerprint density at radius 1 is 1.71 bits per heavy atom. The number of nitrogens with two attached hydrogens (primary N) is 1. The molecule has 0 bridgehead atoms. The van der Waals surface area contributed by atoms with Crippen molar-refractivity contribution in [3.8, 4) is 0 Å². The molecule has 0 aliphatic carbocycles.